The molecule has 0 aliphatic carbocycles. The van der Waals surface area contributed by atoms with Crippen molar-refractivity contribution in [2.24, 2.45) is 0 Å². The van der Waals surface area contributed by atoms with Gasteiger partial charge in [0.25, 0.3) is 5.91 Å². The van der Waals surface area contributed by atoms with Gasteiger partial charge in [-0.25, -0.2) is 0 Å². The molecule has 0 bridgehead atoms. The van der Waals surface area contributed by atoms with Gasteiger partial charge in [0.1, 0.15) is 11.5 Å². The van der Waals surface area contributed by atoms with E-state index in [2.05, 4.69) is 15.5 Å². The van der Waals surface area contributed by atoms with Crippen LogP contribution >= 0.6 is 0 Å². The molecule has 2 N–H and O–H groups in total. The Morgan fingerprint density at radius 3 is 2.53 bits per heavy atom. The first kappa shape index (κ1) is 20.0. The van der Waals surface area contributed by atoms with E-state index in [0.29, 0.717) is 18.4 Å². The highest BCUT2D eigenvalue weighted by Gasteiger charge is 2.21. The third-order valence-electron chi connectivity index (χ3n) is 5.37. The van der Waals surface area contributed by atoms with Gasteiger partial charge in [-0.2, -0.15) is 0 Å². The number of nitrogens with zero attached hydrogens (tertiary/aromatic N) is 1. The van der Waals surface area contributed by atoms with Gasteiger partial charge in [0.2, 0.25) is 0 Å². The first-order valence-electron chi connectivity index (χ1n) is 10.3. The predicted octanol–water partition coefficient (Wildman–Crippen LogP) is 4.40. The molecular formula is C24H27N3O3. The van der Waals surface area contributed by atoms with Crippen LogP contribution in [0.1, 0.15) is 23.9 Å². The molecule has 3 aromatic rings. The van der Waals surface area contributed by atoms with Gasteiger partial charge in [-0.15, -0.1) is 0 Å². The zero-order valence-corrected chi connectivity index (χ0v) is 17.4. The maximum absolute atomic E-state index is 12.6. The lowest BCUT2D eigenvalue weighted by Gasteiger charge is -2.19. The molecule has 2 heterocycles. The Balaban J connectivity index is 1.38. The Morgan fingerprint density at radius 1 is 1.10 bits per heavy atom. The Bertz CT molecular complexity index is 980. The minimum Gasteiger partial charge on any atom is -0.494 e. The predicted molar refractivity (Wildman–Crippen MR) is 119 cm³/mol. The summed E-state index contributed by atoms with van der Waals surface area (Å²) in [6.07, 6.45) is 1.14. The van der Waals surface area contributed by atoms with E-state index in [4.69, 9.17) is 9.15 Å². The Hall–Kier alpha value is -3.25. The van der Waals surface area contributed by atoms with E-state index in [-0.39, 0.29) is 11.7 Å². The highest BCUT2D eigenvalue weighted by Crippen LogP contribution is 2.26. The monoisotopic (exact) mass is 405 g/mol. The Morgan fingerprint density at radius 2 is 1.87 bits per heavy atom. The molecule has 0 radical (unpaired) electrons. The van der Waals surface area contributed by atoms with Gasteiger partial charge in [0.15, 0.2) is 5.76 Å². The molecule has 1 saturated heterocycles. The maximum Gasteiger partial charge on any atom is 0.291 e. The van der Waals surface area contributed by atoms with E-state index in [1.54, 1.807) is 12.1 Å². The van der Waals surface area contributed by atoms with Gasteiger partial charge >= 0.3 is 0 Å². The molecule has 0 saturated carbocycles. The van der Waals surface area contributed by atoms with Crippen LogP contribution in [0, 0.1) is 0 Å². The van der Waals surface area contributed by atoms with Crippen molar-refractivity contribution in [2.75, 3.05) is 37.0 Å². The number of carbonyl (C=O) groups is 1. The summed E-state index contributed by atoms with van der Waals surface area (Å²) >= 11 is 0. The molecule has 1 aliphatic heterocycles. The van der Waals surface area contributed by atoms with Crippen molar-refractivity contribution in [3.63, 3.8) is 0 Å². The fourth-order valence-electron chi connectivity index (χ4n) is 3.68. The molecular weight excluding hydrogens is 378 g/mol. The van der Waals surface area contributed by atoms with Crippen LogP contribution in [-0.4, -0.2) is 38.7 Å². The minimum atomic E-state index is -0.267. The number of likely N-dealkylation sites (N-methyl/N-ethyl adjacent to an activating group) is 1. The highest BCUT2D eigenvalue weighted by molar-refractivity contribution is 6.02. The highest BCUT2D eigenvalue weighted by atomic mass is 16.5. The fourth-order valence-corrected chi connectivity index (χ4v) is 3.68. The molecule has 1 aromatic heterocycles. The summed E-state index contributed by atoms with van der Waals surface area (Å²) in [5.74, 6) is 1.46. The molecule has 4 rings (SSSR count). The van der Waals surface area contributed by atoms with E-state index >= 15 is 0 Å². The largest absolute Gasteiger partial charge is 0.494 e. The van der Waals surface area contributed by atoms with E-state index < -0.39 is 0 Å². The lowest BCUT2D eigenvalue weighted by Crippen LogP contribution is -2.29. The first-order valence-corrected chi connectivity index (χ1v) is 10.3. The summed E-state index contributed by atoms with van der Waals surface area (Å²) in [5.41, 5.74) is 2.81. The van der Waals surface area contributed by atoms with Crippen molar-refractivity contribution >= 4 is 17.3 Å². The third-order valence-corrected chi connectivity index (χ3v) is 5.37. The average Bonchev–Trinajstić information content (AvgIpc) is 3.45. The number of hydrogen-bond donors (Lipinski definition) is 2. The molecule has 0 spiro atoms. The molecule has 6 nitrogen and oxygen atoms in total. The van der Waals surface area contributed by atoms with E-state index in [1.165, 1.54) is 5.69 Å². The number of hydrogen-bond acceptors (Lipinski definition) is 5. The number of benzene rings is 2. The second kappa shape index (κ2) is 9.05. The van der Waals surface area contributed by atoms with Gasteiger partial charge in [-0.05, 0) is 81.1 Å². The third kappa shape index (κ3) is 4.49. The second-order valence-corrected chi connectivity index (χ2v) is 7.34. The number of nitrogens with one attached hydrogen (secondary N) is 2. The van der Waals surface area contributed by atoms with Crippen molar-refractivity contribution in [3.8, 4) is 17.1 Å². The quantitative estimate of drug-likeness (QED) is 0.610. The number of anilines is 2. The van der Waals surface area contributed by atoms with Gasteiger partial charge in [-0.1, -0.05) is 0 Å². The van der Waals surface area contributed by atoms with Crippen molar-refractivity contribution in [1.82, 2.24) is 5.32 Å². The molecule has 1 amide bonds. The molecule has 156 valence electrons. The second-order valence-electron chi connectivity index (χ2n) is 7.34. The maximum atomic E-state index is 12.6. The molecule has 1 atom stereocenters. The van der Waals surface area contributed by atoms with Crippen LogP contribution < -0.4 is 20.3 Å². The number of ether oxygens (including phenoxy) is 1. The summed E-state index contributed by atoms with van der Waals surface area (Å²) < 4.78 is 11.2. The lowest BCUT2D eigenvalue weighted by atomic mass is 10.2. The lowest BCUT2D eigenvalue weighted by molar-refractivity contribution is 0.0997. The van der Waals surface area contributed by atoms with E-state index in [0.717, 1.165) is 36.5 Å². The first-order chi connectivity index (χ1) is 14.7. The Labute approximate surface area is 176 Å². The van der Waals surface area contributed by atoms with Gasteiger partial charge in [0.05, 0.1) is 6.61 Å². The molecule has 6 heteroatoms. The number of furan rings is 1. The average molecular weight is 405 g/mol. The van der Waals surface area contributed by atoms with Gasteiger partial charge < -0.3 is 24.7 Å². The molecule has 30 heavy (non-hydrogen) atoms. The smallest absolute Gasteiger partial charge is 0.291 e. The summed E-state index contributed by atoms with van der Waals surface area (Å²) in [5, 5.41) is 6.23. The zero-order valence-electron chi connectivity index (χ0n) is 17.4. The summed E-state index contributed by atoms with van der Waals surface area (Å²) in [4.78, 5) is 14.9. The summed E-state index contributed by atoms with van der Waals surface area (Å²) in [6.45, 7) is 4.62. The van der Waals surface area contributed by atoms with Crippen LogP contribution in [0.3, 0.4) is 0 Å². The topological polar surface area (TPSA) is 66.7 Å². The van der Waals surface area contributed by atoms with Crippen LogP contribution in [0.4, 0.5) is 11.4 Å². The normalized spacial score (nSPS) is 15.9. The standard InChI is InChI=1S/C24H27N3O3/c1-3-29-21-10-4-17(5-11-21)22-12-13-23(30-22)24(28)26-18-6-8-20(9-7-18)27-15-14-19(16-27)25-2/h4-13,19,25H,3,14-16H2,1-2H3,(H,26,28). The van der Waals surface area contributed by atoms with Crippen molar-refractivity contribution in [1.29, 1.82) is 0 Å². The van der Waals surface area contributed by atoms with E-state index in [9.17, 15) is 4.79 Å². The van der Waals surface area contributed by atoms with Crippen molar-refractivity contribution in [2.45, 2.75) is 19.4 Å². The fraction of sp³-hybridized carbons (Fsp3) is 0.292. The number of amides is 1. The molecule has 1 fully saturated rings. The van der Waals surface area contributed by atoms with Crippen LogP contribution in [0.5, 0.6) is 5.75 Å². The van der Waals surface area contributed by atoms with Gasteiger partial charge in [-0.3, -0.25) is 4.79 Å². The summed E-state index contributed by atoms with van der Waals surface area (Å²) in [7, 11) is 2.00. The molecule has 1 unspecified atom stereocenters. The molecule has 2 aromatic carbocycles. The van der Waals surface area contributed by atoms with Crippen molar-refractivity contribution in [3.05, 3.63) is 66.4 Å². The minimum absolute atomic E-state index is 0.267. The SMILES string of the molecule is CCOc1ccc(-c2ccc(C(=O)Nc3ccc(N4CCC(NC)C4)cc3)o2)cc1. The van der Waals surface area contributed by atoms with Crippen molar-refractivity contribution < 1.29 is 13.9 Å². The van der Waals surface area contributed by atoms with Crippen LogP contribution in [0.2, 0.25) is 0 Å². The van der Waals surface area contributed by atoms with E-state index in [1.807, 2.05) is 62.5 Å². The molecule has 1 aliphatic rings. The Kier molecular flexibility index (Phi) is 6.05. The number of carbonyl (C=O) groups excluding carboxylic acids is 1. The summed E-state index contributed by atoms with van der Waals surface area (Å²) in [6, 6.07) is 19.6. The van der Waals surface area contributed by atoms with Gasteiger partial charge in [0, 0.05) is 36.1 Å². The van der Waals surface area contributed by atoms with Crippen LogP contribution in [0.15, 0.2) is 65.1 Å². The zero-order chi connectivity index (χ0) is 20.9. The van der Waals surface area contributed by atoms with Crippen LogP contribution in [-0.2, 0) is 0 Å². The van der Waals surface area contributed by atoms with Crippen LogP contribution in [0.25, 0.3) is 11.3 Å². The number of rotatable bonds is 7.